The topological polar surface area (TPSA) is 95.9 Å². The maximum absolute atomic E-state index is 13.7. The number of nitrogens with zero attached hydrogens (tertiary/aromatic N) is 1. The molecule has 3 heterocycles. The number of hydrogen-bond acceptors (Lipinski definition) is 6. The third-order valence-electron chi connectivity index (χ3n) is 7.30. The van der Waals surface area contributed by atoms with Crippen LogP contribution >= 0.6 is 11.3 Å². The summed E-state index contributed by atoms with van der Waals surface area (Å²) in [5, 5.41) is 15.5. The minimum Gasteiger partial charge on any atom is -0.480 e. The molecule has 4 atom stereocenters. The predicted octanol–water partition coefficient (Wildman–Crippen LogP) is 3.37. The van der Waals surface area contributed by atoms with Crippen molar-refractivity contribution in [2.75, 3.05) is 6.61 Å². The first-order valence-electron chi connectivity index (χ1n) is 11.6. The van der Waals surface area contributed by atoms with Gasteiger partial charge >= 0.3 is 5.97 Å². The van der Waals surface area contributed by atoms with Crippen molar-refractivity contribution < 1.29 is 24.2 Å². The van der Waals surface area contributed by atoms with E-state index in [2.05, 4.69) is 5.32 Å². The lowest BCUT2D eigenvalue weighted by atomic mass is 9.80. The van der Waals surface area contributed by atoms with E-state index in [1.165, 1.54) is 16.2 Å². The van der Waals surface area contributed by atoms with Gasteiger partial charge in [-0.1, -0.05) is 55.7 Å². The van der Waals surface area contributed by atoms with Crippen LogP contribution in [0.25, 0.3) is 0 Å². The van der Waals surface area contributed by atoms with E-state index in [4.69, 9.17) is 4.74 Å². The highest BCUT2D eigenvalue weighted by Crippen LogP contribution is 2.51. The van der Waals surface area contributed by atoms with Gasteiger partial charge in [-0.15, -0.1) is 11.3 Å². The first-order valence-corrected chi connectivity index (χ1v) is 12.4. The molecule has 2 aromatic rings. The number of benzene rings is 1. The van der Waals surface area contributed by atoms with Crippen molar-refractivity contribution >= 4 is 29.1 Å². The predicted molar refractivity (Wildman–Crippen MR) is 122 cm³/mol. The van der Waals surface area contributed by atoms with Crippen molar-refractivity contribution in [3.05, 3.63) is 58.3 Å². The van der Waals surface area contributed by atoms with Crippen LogP contribution in [0, 0.1) is 11.8 Å². The number of fused-ring (bicyclic) bond motifs is 1. The maximum atomic E-state index is 13.7. The highest BCUT2D eigenvalue weighted by molar-refractivity contribution is 7.10. The van der Waals surface area contributed by atoms with Crippen molar-refractivity contribution in [1.29, 1.82) is 0 Å². The van der Waals surface area contributed by atoms with Crippen molar-refractivity contribution in [2.24, 2.45) is 11.8 Å². The fourth-order valence-corrected chi connectivity index (χ4v) is 6.56. The molecule has 0 spiro atoms. The molecule has 1 aromatic heterocycles. The molecule has 4 unspecified atom stereocenters. The molecular formula is C25H28N2O5S. The number of ether oxygens (including phenoxy) is 1. The quantitative estimate of drug-likeness (QED) is 0.605. The van der Waals surface area contributed by atoms with Crippen LogP contribution in [-0.2, 0) is 25.7 Å². The van der Waals surface area contributed by atoms with Crippen LogP contribution < -0.4 is 5.32 Å². The van der Waals surface area contributed by atoms with Crippen molar-refractivity contribution in [3.63, 3.8) is 0 Å². The average Bonchev–Trinajstić information content (AvgIpc) is 3.53. The van der Waals surface area contributed by atoms with Gasteiger partial charge in [-0.3, -0.25) is 24.6 Å². The number of nitrogens with one attached hydrogen (secondary N) is 1. The Morgan fingerprint density at radius 1 is 1.09 bits per heavy atom. The molecule has 3 fully saturated rings. The Labute approximate surface area is 196 Å². The summed E-state index contributed by atoms with van der Waals surface area (Å²) in [7, 11) is 0. The summed E-state index contributed by atoms with van der Waals surface area (Å²) in [6.45, 7) is 0.0326. The lowest BCUT2D eigenvalue weighted by Gasteiger charge is -2.34. The molecule has 2 aliphatic heterocycles. The number of imide groups is 1. The fourth-order valence-electron chi connectivity index (χ4n) is 5.73. The maximum Gasteiger partial charge on any atom is 0.327 e. The molecule has 3 aliphatic rings. The van der Waals surface area contributed by atoms with Gasteiger partial charge in [0.1, 0.15) is 0 Å². The van der Waals surface area contributed by atoms with Crippen LogP contribution in [-0.4, -0.2) is 46.0 Å². The van der Waals surface area contributed by atoms with Gasteiger partial charge in [-0.25, -0.2) is 0 Å². The van der Waals surface area contributed by atoms with Gasteiger partial charge in [-0.05, 0) is 29.9 Å². The Hall–Kier alpha value is -2.55. The van der Waals surface area contributed by atoms with E-state index in [9.17, 15) is 19.5 Å². The minimum absolute atomic E-state index is 0.134. The van der Waals surface area contributed by atoms with Crippen LogP contribution in [0.4, 0.5) is 0 Å². The first-order chi connectivity index (χ1) is 16.0. The van der Waals surface area contributed by atoms with Crippen molar-refractivity contribution in [1.82, 2.24) is 10.2 Å². The molecule has 5 rings (SSSR count). The second kappa shape index (κ2) is 9.00. The number of thiophene rings is 1. The third kappa shape index (κ3) is 3.80. The molecule has 1 aromatic carbocycles. The molecule has 1 aliphatic carbocycles. The zero-order valence-electron chi connectivity index (χ0n) is 18.3. The number of amides is 2. The molecule has 2 amide bonds. The Morgan fingerprint density at radius 2 is 1.85 bits per heavy atom. The van der Waals surface area contributed by atoms with Gasteiger partial charge in [0.15, 0.2) is 5.54 Å². The smallest absolute Gasteiger partial charge is 0.327 e. The van der Waals surface area contributed by atoms with Crippen LogP contribution in [0.2, 0.25) is 0 Å². The zero-order valence-corrected chi connectivity index (χ0v) is 19.1. The molecule has 0 bridgehead atoms. The summed E-state index contributed by atoms with van der Waals surface area (Å²) in [5.41, 5.74) is -0.746. The molecule has 7 nitrogen and oxygen atoms in total. The molecule has 8 heteroatoms. The largest absolute Gasteiger partial charge is 0.480 e. The van der Waals surface area contributed by atoms with E-state index >= 15 is 0 Å². The molecular weight excluding hydrogens is 440 g/mol. The number of hydrogen-bond donors (Lipinski definition) is 2. The molecule has 0 radical (unpaired) electrons. The highest BCUT2D eigenvalue weighted by Gasteiger charge is 2.69. The van der Waals surface area contributed by atoms with E-state index in [1.54, 1.807) is 0 Å². The Morgan fingerprint density at radius 3 is 2.52 bits per heavy atom. The summed E-state index contributed by atoms with van der Waals surface area (Å²) in [5.74, 6) is -3.50. The van der Waals surface area contributed by atoms with Crippen LogP contribution in [0.5, 0.6) is 0 Å². The van der Waals surface area contributed by atoms with Gasteiger partial charge < -0.3 is 9.84 Å². The Balaban J connectivity index is 1.48. The average molecular weight is 469 g/mol. The summed E-state index contributed by atoms with van der Waals surface area (Å²) < 4.78 is 5.88. The van der Waals surface area contributed by atoms with Crippen LogP contribution in [0.1, 0.15) is 48.6 Å². The van der Waals surface area contributed by atoms with Crippen LogP contribution in [0.15, 0.2) is 47.8 Å². The Bertz CT molecular complexity index is 1020. The zero-order chi connectivity index (χ0) is 23.0. The Kier molecular flexibility index (Phi) is 6.07. The lowest BCUT2D eigenvalue weighted by Crippen LogP contribution is -2.59. The van der Waals surface area contributed by atoms with Gasteiger partial charge in [0.2, 0.25) is 11.8 Å². The van der Waals surface area contributed by atoms with Gasteiger partial charge in [0, 0.05) is 10.9 Å². The lowest BCUT2D eigenvalue weighted by molar-refractivity contribution is -0.155. The third-order valence-corrected chi connectivity index (χ3v) is 8.26. The monoisotopic (exact) mass is 468 g/mol. The van der Waals surface area contributed by atoms with Gasteiger partial charge in [0.25, 0.3) is 0 Å². The standard InChI is InChI=1S/C25H28N2O5S/c28-22-19-20(23(29)27(22)17-10-5-2-6-11-17)25(24(30)31,26-21(19)18-12-7-13-33-18)15-32-14-16-8-3-1-4-9-16/h1,3-4,7-9,12-13,17,19-21,26H,2,5-6,10-11,14-15H2,(H,30,31). The normalized spacial score (nSPS) is 30.1. The summed E-state index contributed by atoms with van der Waals surface area (Å²) in [6, 6.07) is 12.6. The number of carboxylic acid groups (broad SMARTS) is 1. The SMILES string of the molecule is O=C1C2C(c3cccs3)NC(COCc3ccccc3)(C(=O)O)C2C(=O)N1C1CCCCC1. The molecule has 2 N–H and O–H groups in total. The van der Waals surface area contributed by atoms with E-state index < -0.39 is 29.4 Å². The van der Waals surface area contributed by atoms with E-state index in [1.807, 2.05) is 47.8 Å². The minimum atomic E-state index is -1.66. The summed E-state index contributed by atoms with van der Waals surface area (Å²) in [4.78, 5) is 42.4. The molecule has 2 saturated heterocycles. The second-order valence-corrected chi connectivity index (χ2v) is 10.2. The molecule has 33 heavy (non-hydrogen) atoms. The summed E-state index contributed by atoms with van der Waals surface area (Å²) >= 11 is 1.46. The molecule has 174 valence electrons. The number of carboxylic acids is 1. The van der Waals surface area contributed by atoms with Gasteiger partial charge in [-0.2, -0.15) is 0 Å². The second-order valence-electron chi connectivity index (χ2n) is 9.23. The summed E-state index contributed by atoms with van der Waals surface area (Å²) in [6.07, 6.45) is 4.64. The first kappa shape index (κ1) is 22.3. The van der Waals surface area contributed by atoms with Crippen molar-refractivity contribution in [3.8, 4) is 0 Å². The van der Waals surface area contributed by atoms with Crippen LogP contribution in [0.3, 0.4) is 0 Å². The van der Waals surface area contributed by atoms with E-state index in [0.717, 1.165) is 42.5 Å². The van der Waals surface area contributed by atoms with E-state index in [-0.39, 0.29) is 31.1 Å². The number of rotatable bonds is 7. The fraction of sp³-hybridized carbons (Fsp3) is 0.480. The highest BCUT2D eigenvalue weighted by atomic mass is 32.1. The van der Waals surface area contributed by atoms with Crippen molar-refractivity contribution in [2.45, 2.75) is 56.3 Å². The molecule has 1 saturated carbocycles. The number of likely N-dealkylation sites (tertiary alicyclic amines) is 1. The van der Waals surface area contributed by atoms with Gasteiger partial charge in [0.05, 0.1) is 31.1 Å². The number of aliphatic carboxylic acids is 1. The number of carbonyl (C=O) groups is 3. The number of carbonyl (C=O) groups excluding carboxylic acids is 2. The van der Waals surface area contributed by atoms with E-state index in [0.29, 0.717) is 0 Å².